The van der Waals surface area contributed by atoms with Gasteiger partial charge >= 0.3 is 5.97 Å². The molecule has 1 aliphatic heterocycles. The van der Waals surface area contributed by atoms with Crippen molar-refractivity contribution in [3.63, 3.8) is 0 Å². The van der Waals surface area contributed by atoms with Gasteiger partial charge in [-0.3, -0.25) is 9.78 Å². The fraction of sp³-hybridized carbons (Fsp3) is 0.294. The Kier molecular flexibility index (Phi) is 4.41. The molecule has 1 atom stereocenters. The summed E-state index contributed by atoms with van der Waals surface area (Å²) in [5.41, 5.74) is 2.08. The number of carbonyl (C=O) groups is 2. The van der Waals surface area contributed by atoms with Crippen molar-refractivity contribution >= 4 is 11.9 Å². The third-order valence-corrected chi connectivity index (χ3v) is 3.86. The summed E-state index contributed by atoms with van der Waals surface area (Å²) in [4.78, 5) is 30.2. The molecule has 0 spiro atoms. The highest BCUT2D eigenvalue weighted by molar-refractivity contribution is 5.85. The quantitative estimate of drug-likeness (QED) is 0.866. The summed E-state index contributed by atoms with van der Waals surface area (Å²) in [6, 6.07) is 5.52. The van der Waals surface area contributed by atoms with E-state index >= 15 is 0 Å². The molecule has 1 aromatic heterocycles. The SMILES string of the molecule is Cc1cc(-c2cncc(C(=O)O)n2)ccc1OCC1CNC(=O)C1. The molecule has 0 radical (unpaired) electrons. The normalized spacial score (nSPS) is 16.7. The highest BCUT2D eigenvalue weighted by Gasteiger charge is 2.22. The van der Waals surface area contributed by atoms with Crippen LogP contribution in [0.5, 0.6) is 5.75 Å². The van der Waals surface area contributed by atoms with Crippen LogP contribution in [0.3, 0.4) is 0 Å². The molecule has 7 nitrogen and oxygen atoms in total. The highest BCUT2D eigenvalue weighted by atomic mass is 16.5. The third kappa shape index (κ3) is 3.51. The molecule has 7 heteroatoms. The fourth-order valence-electron chi connectivity index (χ4n) is 2.57. The minimum Gasteiger partial charge on any atom is -0.493 e. The van der Waals surface area contributed by atoms with E-state index in [1.807, 2.05) is 25.1 Å². The number of hydrogen-bond acceptors (Lipinski definition) is 5. The van der Waals surface area contributed by atoms with Crippen molar-refractivity contribution in [3.05, 3.63) is 41.9 Å². The molecule has 2 aromatic rings. The van der Waals surface area contributed by atoms with Gasteiger partial charge < -0.3 is 15.2 Å². The Bertz CT molecular complexity index is 791. The van der Waals surface area contributed by atoms with E-state index < -0.39 is 5.97 Å². The number of carboxylic acid groups (broad SMARTS) is 1. The van der Waals surface area contributed by atoms with Crippen LogP contribution in [0.1, 0.15) is 22.5 Å². The Hall–Kier alpha value is -2.96. The maximum atomic E-state index is 11.2. The molecular formula is C17H17N3O4. The number of aromatic carboxylic acids is 1. The molecule has 1 unspecified atom stereocenters. The number of rotatable bonds is 5. The average Bonchev–Trinajstić information content (AvgIpc) is 2.99. The second-order valence-electron chi connectivity index (χ2n) is 5.76. The number of nitrogens with zero attached hydrogens (tertiary/aromatic N) is 2. The second-order valence-corrected chi connectivity index (χ2v) is 5.76. The minimum atomic E-state index is -1.11. The number of amides is 1. The van der Waals surface area contributed by atoms with Crippen molar-refractivity contribution in [2.45, 2.75) is 13.3 Å². The summed E-state index contributed by atoms with van der Waals surface area (Å²) in [6.07, 6.45) is 3.24. The van der Waals surface area contributed by atoms with Crippen LogP contribution in [-0.2, 0) is 4.79 Å². The van der Waals surface area contributed by atoms with Crippen LogP contribution in [-0.4, -0.2) is 40.1 Å². The van der Waals surface area contributed by atoms with Crippen molar-refractivity contribution in [2.75, 3.05) is 13.2 Å². The first-order valence-electron chi connectivity index (χ1n) is 7.59. The molecule has 3 rings (SSSR count). The van der Waals surface area contributed by atoms with Crippen molar-refractivity contribution in [2.24, 2.45) is 5.92 Å². The summed E-state index contributed by atoms with van der Waals surface area (Å²) >= 11 is 0. The van der Waals surface area contributed by atoms with E-state index in [0.717, 1.165) is 16.9 Å². The molecule has 124 valence electrons. The van der Waals surface area contributed by atoms with Crippen LogP contribution in [0.15, 0.2) is 30.6 Å². The number of carboxylic acids is 1. The molecule has 2 heterocycles. The maximum Gasteiger partial charge on any atom is 0.356 e. The van der Waals surface area contributed by atoms with E-state index in [4.69, 9.17) is 9.84 Å². The van der Waals surface area contributed by atoms with Gasteiger partial charge in [0.25, 0.3) is 0 Å². The van der Waals surface area contributed by atoms with E-state index in [2.05, 4.69) is 15.3 Å². The first kappa shape index (κ1) is 15.9. The second kappa shape index (κ2) is 6.66. The van der Waals surface area contributed by atoms with E-state index in [0.29, 0.717) is 25.3 Å². The molecule has 0 aliphatic carbocycles. The number of carbonyl (C=O) groups excluding carboxylic acids is 1. The first-order valence-corrected chi connectivity index (χ1v) is 7.59. The van der Waals surface area contributed by atoms with Crippen molar-refractivity contribution in [1.29, 1.82) is 0 Å². The summed E-state index contributed by atoms with van der Waals surface area (Å²) in [7, 11) is 0. The van der Waals surface area contributed by atoms with Crippen LogP contribution < -0.4 is 10.1 Å². The molecule has 1 saturated heterocycles. The number of nitrogens with one attached hydrogen (secondary N) is 1. The largest absolute Gasteiger partial charge is 0.493 e. The summed E-state index contributed by atoms with van der Waals surface area (Å²) in [6.45, 7) is 3.03. The molecule has 1 aromatic carbocycles. The predicted molar refractivity (Wildman–Crippen MR) is 85.8 cm³/mol. The molecule has 1 fully saturated rings. The van der Waals surface area contributed by atoms with Gasteiger partial charge in [-0.1, -0.05) is 0 Å². The fourth-order valence-corrected chi connectivity index (χ4v) is 2.57. The van der Waals surface area contributed by atoms with Gasteiger partial charge in [-0.2, -0.15) is 0 Å². The van der Waals surface area contributed by atoms with E-state index in [9.17, 15) is 9.59 Å². The molecule has 2 N–H and O–H groups in total. The number of ether oxygens (including phenoxy) is 1. The number of benzene rings is 1. The van der Waals surface area contributed by atoms with E-state index in [1.165, 1.54) is 12.4 Å². The monoisotopic (exact) mass is 327 g/mol. The standard InChI is InChI=1S/C17H17N3O4/c1-10-4-12(13-7-18-8-14(20-13)17(22)23)2-3-15(10)24-9-11-5-16(21)19-6-11/h2-4,7-8,11H,5-6,9H2,1H3,(H,19,21)(H,22,23). The Morgan fingerprint density at radius 2 is 2.25 bits per heavy atom. The van der Waals surface area contributed by atoms with E-state index in [-0.39, 0.29) is 17.5 Å². The zero-order chi connectivity index (χ0) is 17.1. The maximum absolute atomic E-state index is 11.2. The summed E-state index contributed by atoms with van der Waals surface area (Å²) in [5.74, 6) is -0.122. The van der Waals surface area contributed by atoms with Crippen LogP contribution in [0.25, 0.3) is 11.3 Å². The lowest BCUT2D eigenvalue weighted by Gasteiger charge is -2.13. The molecular weight excluding hydrogens is 310 g/mol. The van der Waals surface area contributed by atoms with E-state index in [1.54, 1.807) is 0 Å². The van der Waals surface area contributed by atoms with Crippen molar-refractivity contribution in [3.8, 4) is 17.0 Å². The van der Waals surface area contributed by atoms with Crippen LogP contribution in [0.2, 0.25) is 0 Å². The lowest BCUT2D eigenvalue weighted by molar-refractivity contribution is -0.119. The molecule has 24 heavy (non-hydrogen) atoms. The predicted octanol–water partition coefficient (Wildman–Crippen LogP) is 1.67. The van der Waals surface area contributed by atoms with Gasteiger partial charge in [0.1, 0.15) is 5.75 Å². The van der Waals surface area contributed by atoms with Gasteiger partial charge in [-0.15, -0.1) is 0 Å². The Labute approximate surface area is 138 Å². The van der Waals surface area contributed by atoms with Gasteiger partial charge in [0.05, 0.1) is 24.7 Å². The Balaban J connectivity index is 1.73. The summed E-state index contributed by atoms with van der Waals surface area (Å²) in [5, 5.41) is 11.8. The number of aromatic nitrogens is 2. The zero-order valence-corrected chi connectivity index (χ0v) is 13.2. The lowest BCUT2D eigenvalue weighted by Crippen LogP contribution is -2.17. The average molecular weight is 327 g/mol. The van der Waals surface area contributed by atoms with Crippen LogP contribution in [0, 0.1) is 12.8 Å². The Morgan fingerprint density at radius 1 is 1.42 bits per heavy atom. The van der Waals surface area contributed by atoms with Crippen molar-refractivity contribution < 1.29 is 19.4 Å². The topological polar surface area (TPSA) is 101 Å². The van der Waals surface area contributed by atoms with Crippen molar-refractivity contribution in [1.82, 2.24) is 15.3 Å². The highest BCUT2D eigenvalue weighted by Crippen LogP contribution is 2.25. The first-order chi connectivity index (χ1) is 11.5. The molecule has 1 amide bonds. The van der Waals surface area contributed by atoms with Gasteiger partial charge in [-0.05, 0) is 30.7 Å². The van der Waals surface area contributed by atoms with Crippen LogP contribution in [0.4, 0.5) is 0 Å². The van der Waals surface area contributed by atoms with Gasteiger partial charge in [0.15, 0.2) is 5.69 Å². The molecule has 0 bridgehead atoms. The zero-order valence-electron chi connectivity index (χ0n) is 13.2. The Morgan fingerprint density at radius 3 is 2.92 bits per heavy atom. The number of aryl methyl sites for hydroxylation is 1. The smallest absolute Gasteiger partial charge is 0.356 e. The number of hydrogen-bond donors (Lipinski definition) is 2. The lowest BCUT2D eigenvalue weighted by atomic mass is 10.1. The van der Waals surface area contributed by atoms with Gasteiger partial charge in [0.2, 0.25) is 5.91 Å². The van der Waals surface area contributed by atoms with Gasteiger partial charge in [0, 0.05) is 24.4 Å². The van der Waals surface area contributed by atoms with Crippen LogP contribution >= 0.6 is 0 Å². The minimum absolute atomic E-state index is 0.0626. The third-order valence-electron chi connectivity index (χ3n) is 3.86. The van der Waals surface area contributed by atoms with Gasteiger partial charge in [-0.25, -0.2) is 9.78 Å². The summed E-state index contributed by atoms with van der Waals surface area (Å²) < 4.78 is 5.80. The molecule has 1 aliphatic rings. The molecule has 0 saturated carbocycles.